The summed E-state index contributed by atoms with van der Waals surface area (Å²) in [5.74, 6) is 0.734. The summed E-state index contributed by atoms with van der Waals surface area (Å²) in [6.45, 7) is 3.01. The molecular weight excluding hydrogens is 202 g/mol. The van der Waals surface area contributed by atoms with Gasteiger partial charge in [0.2, 0.25) is 5.91 Å². The Bertz CT molecular complexity index is 264. The van der Waals surface area contributed by atoms with E-state index < -0.39 is 0 Å². The van der Waals surface area contributed by atoms with Crippen LogP contribution in [-0.2, 0) is 4.79 Å². The Hall–Kier alpha value is -1.08. The number of nitrogens with zero attached hydrogens (tertiary/aromatic N) is 1. The average molecular weight is 223 g/mol. The van der Waals surface area contributed by atoms with E-state index >= 15 is 0 Å². The molecule has 4 heteroatoms. The zero-order valence-corrected chi connectivity index (χ0v) is 9.91. The zero-order valence-electron chi connectivity index (χ0n) is 9.91. The Morgan fingerprint density at radius 2 is 2.12 bits per heavy atom. The van der Waals surface area contributed by atoms with Crippen LogP contribution in [0.15, 0.2) is 0 Å². The molecule has 0 saturated heterocycles. The van der Waals surface area contributed by atoms with Crippen LogP contribution >= 0.6 is 0 Å². The van der Waals surface area contributed by atoms with Gasteiger partial charge in [-0.05, 0) is 45.1 Å². The summed E-state index contributed by atoms with van der Waals surface area (Å²) < 4.78 is 0. The average Bonchev–Trinajstić information content (AvgIpc) is 2.35. The first-order valence-electron chi connectivity index (χ1n) is 6.04. The molecule has 1 fully saturated rings. The van der Waals surface area contributed by atoms with Gasteiger partial charge in [-0.2, -0.15) is 5.26 Å². The van der Waals surface area contributed by atoms with E-state index in [-0.39, 0.29) is 17.7 Å². The van der Waals surface area contributed by atoms with Gasteiger partial charge in [0.1, 0.15) is 0 Å². The number of amides is 1. The normalized spacial score (nSPS) is 26.8. The Labute approximate surface area is 97.2 Å². The van der Waals surface area contributed by atoms with Crippen molar-refractivity contribution in [3.05, 3.63) is 0 Å². The molecule has 1 atom stereocenters. The predicted octanol–water partition coefficient (Wildman–Crippen LogP) is 1.03. The van der Waals surface area contributed by atoms with Gasteiger partial charge in [0.05, 0.1) is 12.0 Å². The topological polar surface area (TPSA) is 78.9 Å². The fraction of sp³-hybridized carbons (Fsp3) is 0.833. The largest absolute Gasteiger partial charge is 0.355 e. The summed E-state index contributed by atoms with van der Waals surface area (Å²) >= 11 is 0. The molecular formula is C12H21N3O. The van der Waals surface area contributed by atoms with E-state index in [4.69, 9.17) is 11.0 Å². The lowest BCUT2D eigenvalue weighted by molar-refractivity contribution is -0.126. The molecule has 16 heavy (non-hydrogen) atoms. The van der Waals surface area contributed by atoms with Crippen LogP contribution in [0, 0.1) is 29.1 Å². The summed E-state index contributed by atoms with van der Waals surface area (Å²) in [6.07, 6.45) is 3.99. The van der Waals surface area contributed by atoms with Crippen LogP contribution in [0.1, 0.15) is 32.6 Å². The van der Waals surface area contributed by atoms with Crippen molar-refractivity contribution in [1.29, 1.82) is 5.26 Å². The van der Waals surface area contributed by atoms with Gasteiger partial charge in [-0.1, -0.05) is 0 Å². The molecule has 4 nitrogen and oxygen atoms in total. The third-order valence-electron chi connectivity index (χ3n) is 3.35. The molecule has 0 aromatic rings. The summed E-state index contributed by atoms with van der Waals surface area (Å²) in [5, 5.41) is 11.5. The number of carbonyl (C=O) groups excluding carboxylic acids is 1. The third kappa shape index (κ3) is 3.82. The lowest BCUT2D eigenvalue weighted by Gasteiger charge is -2.26. The van der Waals surface area contributed by atoms with Crippen molar-refractivity contribution in [3.63, 3.8) is 0 Å². The summed E-state index contributed by atoms with van der Waals surface area (Å²) in [6, 6.07) is 2.11. The van der Waals surface area contributed by atoms with E-state index in [0.29, 0.717) is 12.5 Å². The molecule has 0 spiro atoms. The van der Waals surface area contributed by atoms with E-state index in [2.05, 4.69) is 11.4 Å². The summed E-state index contributed by atoms with van der Waals surface area (Å²) in [7, 11) is 0. The Morgan fingerprint density at radius 3 is 2.62 bits per heavy atom. The van der Waals surface area contributed by atoms with Crippen LogP contribution < -0.4 is 11.1 Å². The standard InChI is InChI=1S/C12H21N3O/c1-9(6-13)8-15-12(16)11-4-2-10(7-14)3-5-11/h9-11H,2-5,7-8,14H2,1H3,(H,15,16). The number of nitrogens with two attached hydrogens (primary N) is 1. The van der Waals surface area contributed by atoms with Crippen molar-refractivity contribution >= 4 is 5.91 Å². The second-order valence-electron chi connectivity index (χ2n) is 4.73. The maximum atomic E-state index is 11.8. The molecule has 0 heterocycles. The van der Waals surface area contributed by atoms with E-state index in [0.717, 1.165) is 32.2 Å². The highest BCUT2D eigenvalue weighted by Gasteiger charge is 2.25. The lowest BCUT2D eigenvalue weighted by Crippen LogP contribution is -2.36. The minimum Gasteiger partial charge on any atom is -0.355 e. The van der Waals surface area contributed by atoms with Crippen LogP contribution in [0.5, 0.6) is 0 Å². The number of rotatable bonds is 4. The Morgan fingerprint density at radius 1 is 1.50 bits per heavy atom. The fourth-order valence-corrected chi connectivity index (χ4v) is 2.10. The highest BCUT2D eigenvalue weighted by atomic mass is 16.1. The van der Waals surface area contributed by atoms with Gasteiger partial charge in [-0.25, -0.2) is 0 Å². The number of carbonyl (C=O) groups is 1. The van der Waals surface area contributed by atoms with E-state index in [9.17, 15) is 4.79 Å². The summed E-state index contributed by atoms with van der Waals surface area (Å²) in [4.78, 5) is 11.8. The number of hydrogen-bond acceptors (Lipinski definition) is 3. The monoisotopic (exact) mass is 223 g/mol. The van der Waals surface area contributed by atoms with Crippen molar-refractivity contribution < 1.29 is 4.79 Å². The fourth-order valence-electron chi connectivity index (χ4n) is 2.10. The zero-order chi connectivity index (χ0) is 12.0. The second kappa shape index (κ2) is 6.49. The molecule has 0 aromatic carbocycles. The van der Waals surface area contributed by atoms with E-state index in [1.807, 2.05) is 6.92 Å². The maximum absolute atomic E-state index is 11.8. The molecule has 0 aliphatic heterocycles. The van der Waals surface area contributed by atoms with Crippen LogP contribution in [0.2, 0.25) is 0 Å². The molecule has 1 amide bonds. The minimum absolute atomic E-state index is 0.107. The molecule has 1 saturated carbocycles. The molecule has 0 radical (unpaired) electrons. The molecule has 90 valence electrons. The van der Waals surface area contributed by atoms with Gasteiger partial charge in [0.15, 0.2) is 0 Å². The van der Waals surface area contributed by atoms with Crippen LogP contribution in [-0.4, -0.2) is 19.0 Å². The van der Waals surface area contributed by atoms with Crippen molar-refractivity contribution in [2.75, 3.05) is 13.1 Å². The minimum atomic E-state index is -0.107. The predicted molar refractivity (Wildman–Crippen MR) is 62.3 cm³/mol. The smallest absolute Gasteiger partial charge is 0.223 e. The van der Waals surface area contributed by atoms with Crippen molar-refractivity contribution in [1.82, 2.24) is 5.32 Å². The molecule has 0 bridgehead atoms. The quantitative estimate of drug-likeness (QED) is 0.747. The van der Waals surface area contributed by atoms with Crippen molar-refractivity contribution in [3.8, 4) is 6.07 Å². The van der Waals surface area contributed by atoms with Gasteiger partial charge in [-0.15, -0.1) is 0 Å². The molecule has 3 N–H and O–H groups in total. The van der Waals surface area contributed by atoms with Gasteiger partial charge in [-0.3, -0.25) is 4.79 Å². The van der Waals surface area contributed by atoms with Crippen molar-refractivity contribution in [2.24, 2.45) is 23.5 Å². The molecule has 1 unspecified atom stereocenters. The van der Waals surface area contributed by atoms with E-state index in [1.54, 1.807) is 0 Å². The molecule has 0 aromatic heterocycles. The van der Waals surface area contributed by atoms with Gasteiger partial charge >= 0.3 is 0 Å². The first kappa shape index (κ1) is 13.0. The molecule has 1 aliphatic rings. The highest BCUT2D eigenvalue weighted by Crippen LogP contribution is 2.28. The molecule has 1 rings (SSSR count). The van der Waals surface area contributed by atoms with Crippen LogP contribution in [0.25, 0.3) is 0 Å². The Kier molecular flexibility index (Phi) is 5.27. The van der Waals surface area contributed by atoms with Crippen molar-refractivity contribution in [2.45, 2.75) is 32.6 Å². The van der Waals surface area contributed by atoms with Gasteiger partial charge in [0, 0.05) is 12.5 Å². The molecule has 1 aliphatic carbocycles. The second-order valence-corrected chi connectivity index (χ2v) is 4.73. The van der Waals surface area contributed by atoms with Crippen LogP contribution in [0.3, 0.4) is 0 Å². The van der Waals surface area contributed by atoms with Gasteiger partial charge in [0.25, 0.3) is 0 Å². The SMILES string of the molecule is CC(C#N)CNC(=O)C1CCC(CN)CC1. The first-order chi connectivity index (χ1) is 7.67. The lowest BCUT2D eigenvalue weighted by atomic mass is 9.81. The summed E-state index contributed by atoms with van der Waals surface area (Å²) in [5.41, 5.74) is 5.60. The maximum Gasteiger partial charge on any atom is 0.223 e. The number of nitrogens with one attached hydrogen (secondary N) is 1. The number of hydrogen-bond donors (Lipinski definition) is 2. The van der Waals surface area contributed by atoms with Gasteiger partial charge < -0.3 is 11.1 Å². The third-order valence-corrected chi connectivity index (χ3v) is 3.35. The first-order valence-corrected chi connectivity index (χ1v) is 6.04. The number of nitriles is 1. The highest BCUT2D eigenvalue weighted by molar-refractivity contribution is 5.78. The van der Waals surface area contributed by atoms with E-state index in [1.165, 1.54) is 0 Å². The Balaban J connectivity index is 2.26. The van der Waals surface area contributed by atoms with Crippen LogP contribution in [0.4, 0.5) is 0 Å².